The minimum atomic E-state index is 0.124. The van der Waals surface area contributed by atoms with E-state index in [0.29, 0.717) is 34.7 Å². The van der Waals surface area contributed by atoms with Gasteiger partial charge in [0.25, 0.3) is 0 Å². The number of nitrogens with one attached hydrogen (secondary N) is 1. The molecular weight excluding hydrogens is 346 g/mol. The number of para-hydroxylation sites is 1. The summed E-state index contributed by atoms with van der Waals surface area (Å²) in [6.45, 7) is 2.13. The van der Waals surface area contributed by atoms with E-state index in [4.69, 9.17) is 4.52 Å². The van der Waals surface area contributed by atoms with Gasteiger partial charge in [0.2, 0.25) is 17.5 Å². The van der Waals surface area contributed by atoms with Crippen LogP contribution in [0.3, 0.4) is 0 Å². The van der Waals surface area contributed by atoms with Crippen LogP contribution in [0.1, 0.15) is 11.6 Å². The highest BCUT2D eigenvalue weighted by molar-refractivity contribution is 5.64. The van der Waals surface area contributed by atoms with Crippen LogP contribution in [-0.4, -0.2) is 35.2 Å². The molecule has 0 aliphatic carbocycles. The highest BCUT2D eigenvalue weighted by atomic mass is 16.5. The lowest BCUT2D eigenvalue weighted by atomic mass is 10.2. The molecule has 3 aromatic heterocycles. The second kappa shape index (κ2) is 7.16. The lowest BCUT2D eigenvalue weighted by molar-refractivity contribution is 0.383. The first kappa shape index (κ1) is 16.6. The molecule has 1 aromatic carbocycles. The Bertz CT molecular complexity index is 1070. The van der Waals surface area contributed by atoms with Gasteiger partial charge in [-0.15, -0.1) is 0 Å². The van der Waals surface area contributed by atoms with Gasteiger partial charge < -0.3 is 14.9 Å². The van der Waals surface area contributed by atoms with Crippen LogP contribution < -0.4 is 5.32 Å². The van der Waals surface area contributed by atoms with Crippen molar-refractivity contribution in [1.82, 2.24) is 30.1 Å². The number of phenols is 1. The van der Waals surface area contributed by atoms with Crippen LogP contribution in [0.5, 0.6) is 5.75 Å². The monoisotopic (exact) mass is 361 g/mol. The normalized spacial score (nSPS) is 10.7. The summed E-state index contributed by atoms with van der Waals surface area (Å²) in [5.74, 6) is 2.22. The Morgan fingerprint density at radius 1 is 0.963 bits per heavy atom. The van der Waals surface area contributed by atoms with Gasteiger partial charge >= 0.3 is 0 Å². The maximum Gasteiger partial charge on any atom is 0.246 e. The Hall–Kier alpha value is -3.88. The van der Waals surface area contributed by atoms with Gasteiger partial charge in [-0.1, -0.05) is 17.3 Å². The third-order valence-electron chi connectivity index (χ3n) is 3.65. The van der Waals surface area contributed by atoms with Crippen LogP contribution in [0.2, 0.25) is 0 Å². The molecule has 0 aliphatic heterocycles. The zero-order valence-electron chi connectivity index (χ0n) is 14.4. The van der Waals surface area contributed by atoms with Crippen LogP contribution in [0.15, 0.2) is 53.3 Å². The number of aromatic nitrogens is 6. The number of phenolic OH excluding ortho intramolecular Hbond substituents is 1. The molecule has 0 aliphatic rings. The zero-order chi connectivity index (χ0) is 18.6. The van der Waals surface area contributed by atoms with Crippen LogP contribution in [0, 0.1) is 6.92 Å². The number of hydrogen-bond acceptors (Lipinski definition) is 9. The summed E-state index contributed by atoms with van der Waals surface area (Å²) in [5, 5.41) is 17.0. The van der Waals surface area contributed by atoms with E-state index in [-0.39, 0.29) is 12.3 Å². The Morgan fingerprint density at radius 3 is 2.59 bits per heavy atom. The standard InChI is InChI=1S/C18H15N7O2/c1-11-9-14(23-16(22-11)12-5-2-3-6-13(12)26)21-10-15-24-18(25-27-15)17-19-7-4-8-20-17/h2-9,26H,10H2,1H3,(H,21,22,23). The molecule has 9 nitrogen and oxygen atoms in total. The van der Waals surface area contributed by atoms with Crippen LogP contribution in [0.4, 0.5) is 5.82 Å². The summed E-state index contributed by atoms with van der Waals surface area (Å²) >= 11 is 0. The van der Waals surface area contributed by atoms with Crippen molar-refractivity contribution in [2.24, 2.45) is 0 Å². The second-order valence-corrected chi connectivity index (χ2v) is 5.67. The zero-order valence-corrected chi connectivity index (χ0v) is 14.4. The van der Waals surface area contributed by atoms with Crippen molar-refractivity contribution < 1.29 is 9.63 Å². The van der Waals surface area contributed by atoms with Crippen molar-refractivity contribution in [3.8, 4) is 28.8 Å². The number of aryl methyl sites for hydroxylation is 1. The third kappa shape index (κ3) is 3.71. The number of hydrogen-bond donors (Lipinski definition) is 2. The number of anilines is 1. The molecule has 0 spiro atoms. The third-order valence-corrected chi connectivity index (χ3v) is 3.65. The molecule has 0 amide bonds. The first-order valence-electron chi connectivity index (χ1n) is 8.17. The first-order chi connectivity index (χ1) is 13.2. The quantitative estimate of drug-likeness (QED) is 0.552. The van der Waals surface area contributed by atoms with E-state index < -0.39 is 0 Å². The molecule has 0 saturated heterocycles. The smallest absolute Gasteiger partial charge is 0.246 e. The van der Waals surface area contributed by atoms with Gasteiger partial charge in [0.15, 0.2) is 5.82 Å². The average Bonchev–Trinajstić information content (AvgIpc) is 3.16. The van der Waals surface area contributed by atoms with E-state index in [1.165, 1.54) is 0 Å². The Labute approximate surface area is 154 Å². The van der Waals surface area contributed by atoms with Crippen molar-refractivity contribution in [1.29, 1.82) is 0 Å². The maximum atomic E-state index is 10.0. The number of nitrogens with zero attached hydrogens (tertiary/aromatic N) is 6. The van der Waals surface area contributed by atoms with Gasteiger partial charge in [-0.25, -0.2) is 19.9 Å². The summed E-state index contributed by atoms with van der Waals surface area (Å²) in [6, 6.07) is 10.4. The van der Waals surface area contributed by atoms with Crippen molar-refractivity contribution in [3.05, 3.63) is 60.4 Å². The Kier molecular flexibility index (Phi) is 4.40. The predicted molar refractivity (Wildman–Crippen MR) is 96.5 cm³/mol. The van der Waals surface area contributed by atoms with E-state index in [0.717, 1.165) is 5.69 Å². The fraction of sp³-hybridized carbons (Fsp3) is 0.111. The number of rotatable bonds is 5. The van der Waals surface area contributed by atoms with Crippen molar-refractivity contribution in [2.75, 3.05) is 5.32 Å². The molecule has 0 fully saturated rings. The van der Waals surface area contributed by atoms with E-state index in [1.807, 2.05) is 13.0 Å². The highest BCUT2D eigenvalue weighted by Gasteiger charge is 2.12. The molecule has 4 rings (SSSR count). The summed E-state index contributed by atoms with van der Waals surface area (Å²) in [7, 11) is 0. The molecule has 27 heavy (non-hydrogen) atoms. The number of aromatic hydroxyl groups is 1. The van der Waals surface area contributed by atoms with Crippen molar-refractivity contribution >= 4 is 5.82 Å². The molecule has 9 heteroatoms. The van der Waals surface area contributed by atoms with E-state index in [9.17, 15) is 5.11 Å². The summed E-state index contributed by atoms with van der Waals surface area (Å²) < 4.78 is 5.22. The largest absolute Gasteiger partial charge is 0.507 e. The number of benzene rings is 1. The molecule has 0 saturated carbocycles. The molecule has 4 aromatic rings. The minimum Gasteiger partial charge on any atom is -0.507 e. The van der Waals surface area contributed by atoms with E-state index in [2.05, 4.69) is 35.4 Å². The van der Waals surface area contributed by atoms with Crippen LogP contribution in [-0.2, 0) is 6.54 Å². The molecule has 0 unspecified atom stereocenters. The lowest BCUT2D eigenvalue weighted by Gasteiger charge is -2.08. The summed E-state index contributed by atoms with van der Waals surface area (Å²) in [6.07, 6.45) is 3.22. The highest BCUT2D eigenvalue weighted by Crippen LogP contribution is 2.26. The molecule has 0 bridgehead atoms. The molecular formula is C18H15N7O2. The SMILES string of the molecule is Cc1cc(NCc2nc(-c3ncccn3)no2)nc(-c2ccccc2O)n1. The summed E-state index contributed by atoms with van der Waals surface area (Å²) in [4.78, 5) is 21.3. The average molecular weight is 361 g/mol. The molecule has 2 N–H and O–H groups in total. The minimum absolute atomic E-state index is 0.124. The van der Waals surface area contributed by atoms with Crippen molar-refractivity contribution in [2.45, 2.75) is 13.5 Å². The molecule has 134 valence electrons. The van der Waals surface area contributed by atoms with Crippen molar-refractivity contribution in [3.63, 3.8) is 0 Å². The van der Waals surface area contributed by atoms with Crippen LogP contribution >= 0.6 is 0 Å². The Morgan fingerprint density at radius 2 is 1.78 bits per heavy atom. The topological polar surface area (TPSA) is 123 Å². The molecule has 0 radical (unpaired) electrons. The van der Waals surface area contributed by atoms with Gasteiger partial charge in [0.05, 0.1) is 12.1 Å². The van der Waals surface area contributed by atoms with Gasteiger partial charge in [-0.05, 0) is 25.1 Å². The predicted octanol–water partition coefficient (Wildman–Crippen LogP) is 2.61. The summed E-state index contributed by atoms with van der Waals surface area (Å²) in [5.41, 5.74) is 1.32. The first-order valence-corrected chi connectivity index (χ1v) is 8.17. The fourth-order valence-corrected chi connectivity index (χ4v) is 2.44. The fourth-order valence-electron chi connectivity index (χ4n) is 2.44. The van der Waals surface area contributed by atoms with Gasteiger partial charge in [-0.2, -0.15) is 4.98 Å². The van der Waals surface area contributed by atoms with E-state index >= 15 is 0 Å². The maximum absolute atomic E-state index is 10.0. The van der Waals surface area contributed by atoms with Gasteiger partial charge in [0.1, 0.15) is 11.6 Å². The Balaban J connectivity index is 1.52. The lowest BCUT2D eigenvalue weighted by Crippen LogP contribution is -2.04. The van der Waals surface area contributed by atoms with Gasteiger partial charge in [-0.3, -0.25) is 0 Å². The van der Waals surface area contributed by atoms with Gasteiger partial charge in [0, 0.05) is 24.2 Å². The van der Waals surface area contributed by atoms with Crippen LogP contribution in [0.25, 0.3) is 23.0 Å². The molecule has 0 atom stereocenters. The molecule has 3 heterocycles. The van der Waals surface area contributed by atoms with E-state index in [1.54, 1.807) is 42.7 Å². The second-order valence-electron chi connectivity index (χ2n) is 5.67.